The van der Waals surface area contributed by atoms with Crippen LogP contribution >= 0.6 is 10.2 Å². The maximum Gasteiger partial charge on any atom is 0.310 e. The van der Waals surface area contributed by atoms with E-state index < -0.39 is 44.6 Å². The fourth-order valence-electron chi connectivity index (χ4n) is 3.36. The van der Waals surface area contributed by atoms with Gasteiger partial charge in [-0.15, -0.1) is 0 Å². The normalized spacial score (nSPS) is 13.9. The molecule has 0 atom stereocenters. The first-order valence-electron chi connectivity index (χ1n) is 9.92. The summed E-state index contributed by atoms with van der Waals surface area (Å²) in [5.74, 6) is -2.68. The summed E-state index contributed by atoms with van der Waals surface area (Å²) in [7, 11) is -9.11. The molecule has 0 unspecified atom stereocenters. The van der Waals surface area contributed by atoms with Crippen LogP contribution in [0.4, 0.5) is 29.6 Å². The summed E-state index contributed by atoms with van der Waals surface area (Å²) >= 11 is 0. The van der Waals surface area contributed by atoms with Gasteiger partial charge in [0.15, 0.2) is 23.1 Å². The smallest absolute Gasteiger partial charge is 0.310 e. The number of carbonyl (C=O) groups excluding carboxylic acids is 1. The Morgan fingerprint density at radius 2 is 1.68 bits per heavy atom. The molecule has 2 N–H and O–H groups in total. The van der Waals surface area contributed by atoms with E-state index in [1.807, 2.05) is 0 Å². The van der Waals surface area contributed by atoms with Gasteiger partial charge in [0.05, 0.1) is 32.3 Å². The molecule has 0 radical (unpaired) electrons. The van der Waals surface area contributed by atoms with E-state index in [0.717, 1.165) is 17.7 Å². The van der Waals surface area contributed by atoms with Crippen molar-refractivity contribution >= 4 is 32.6 Å². The summed E-state index contributed by atoms with van der Waals surface area (Å²) in [6.07, 6.45) is 1.30. The minimum absolute atomic E-state index is 0.0623. The van der Waals surface area contributed by atoms with Crippen molar-refractivity contribution in [1.82, 2.24) is 4.57 Å². The number of carbonyl (C=O) groups is 1. The Morgan fingerprint density at radius 1 is 1.03 bits per heavy atom. The quantitative estimate of drug-likeness (QED) is 0.255. The van der Waals surface area contributed by atoms with Gasteiger partial charge in [0.1, 0.15) is 16.5 Å². The molecule has 13 heteroatoms. The lowest BCUT2D eigenvalue weighted by molar-refractivity contribution is 0.0972. The molecule has 0 amide bonds. The molecule has 0 saturated heterocycles. The second-order valence-electron chi connectivity index (χ2n) is 7.28. The number of halogens is 6. The van der Waals surface area contributed by atoms with E-state index >= 15 is 4.39 Å². The summed E-state index contributed by atoms with van der Waals surface area (Å²) in [5.41, 5.74) is 5.33. The molecule has 0 aliphatic rings. The number of Topliss-reactive ketones (excluding diaryl/α,β-unsaturated/α-hetero) is 1. The van der Waals surface area contributed by atoms with Crippen molar-refractivity contribution in [2.45, 2.75) is 25.3 Å². The zero-order valence-corrected chi connectivity index (χ0v) is 19.2. The molecule has 2 aromatic carbocycles. The highest BCUT2D eigenvalue weighted by atomic mass is 32.5. The van der Waals surface area contributed by atoms with Crippen molar-refractivity contribution < 1.29 is 42.8 Å². The average Bonchev–Trinajstić information content (AvgIpc) is 3.04. The standard InChI is InChI=1S/C21H22F6N2O4S/c1-4-32-17-8-13-10-29(21(28)18(13)19(22)20(17)33-5-2)11-16(30)12-6-14(31-3)9-15(7-12)34(23,24,25,26)27/h6-10H,4-5,11,28H2,1-3H3. The Labute approximate surface area is 190 Å². The zero-order chi connectivity index (χ0) is 25.5. The maximum absolute atomic E-state index is 15.1. The van der Waals surface area contributed by atoms with E-state index in [1.54, 1.807) is 13.8 Å². The number of anilines is 1. The Balaban J connectivity index is 2.08. The van der Waals surface area contributed by atoms with Crippen molar-refractivity contribution in [3.63, 3.8) is 0 Å². The van der Waals surface area contributed by atoms with Crippen LogP contribution in [0, 0.1) is 5.82 Å². The molecular formula is C21H22F6N2O4S. The molecule has 0 saturated carbocycles. The number of ketones is 1. The lowest BCUT2D eigenvalue weighted by Gasteiger charge is -2.40. The van der Waals surface area contributed by atoms with Crippen LogP contribution in [0.5, 0.6) is 17.2 Å². The number of methoxy groups -OCH3 is 1. The van der Waals surface area contributed by atoms with Crippen molar-refractivity contribution in [3.8, 4) is 17.2 Å². The molecule has 3 aromatic rings. The molecule has 34 heavy (non-hydrogen) atoms. The van der Waals surface area contributed by atoms with Crippen LogP contribution in [0.1, 0.15) is 24.2 Å². The van der Waals surface area contributed by atoms with Crippen molar-refractivity contribution in [2.75, 3.05) is 26.1 Å². The third-order valence-corrected chi connectivity index (χ3v) is 5.99. The van der Waals surface area contributed by atoms with Gasteiger partial charge in [-0.05, 0) is 32.0 Å². The molecule has 0 aliphatic carbocycles. The summed E-state index contributed by atoms with van der Waals surface area (Å²) in [4.78, 5) is 10.5. The minimum atomic E-state index is -10.1. The number of rotatable bonds is 9. The van der Waals surface area contributed by atoms with Gasteiger partial charge >= 0.3 is 10.2 Å². The molecule has 3 rings (SSSR count). The molecular weight excluding hydrogens is 490 g/mol. The van der Waals surface area contributed by atoms with E-state index in [0.29, 0.717) is 0 Å². The van der Waals surface area contributed by atoms with Gasteiger partial charge in [0, 0.05) is 23.2 Å². The molecule has 0 fully saturated rings. The van der Waals surface area contributed by atoms with Crippen LogP contribution in [0.15, 0.2) is 35.4 Å². The highest BCUT2D eigenvalue weighted by molar-refractivity contribution is 8.45. The van der Waals surface area contributed by atoms with Gasteiger partial charge in [0.2, 0.25) is 0 Å². The predicted octanol–water partition coefficient (Wildman–Crippen LogP) is 6.71. The summed E-state index contributed by atoms with van der Waals surface area (Å²) in [5, 5.41) is 0.158. The van der Waals surface area contributed by atoms with Gasteiger partial charge in [-0.25, -0.2) is 4.39 Å². The Bertz CT molecular complexity index is 1280. The van der Waals surface area contributed by atoms with Crippen molar-refractivity contribution in [1.29, 1.82) is 0 Å². The first kappa shape index (κ1) is 25.4. The van der Waals surface area contributed by atoms with Gasteiger partial charge in [-0.2, -0.15) is 0 Å². The number of ether oxygens (including phenoxy) is 3. The zero-order valence-electron chi connectivity index (χ0n) is 18.3. The van der Waals surface area contributed by atoms with E-state index in [2.05, 4.69) is 4.74 Å². The van der Waals surface area contributed by atoms with E-state index in [4.69, 9.17) is 15.2 Å². The van der Waals surface area contributed by atoms with Crippen LogP contribution < -0.4 is 19.9 Å². The van der Waals surface area contributed by atoms with Gasteiger partial charge < -0.3 is 24.5 Å². The molecule has 0 bridgehead atoms. The van der Waals surface area contributed by atoms with Crippen molar-refractivity contribution in [3.05, 3.63) is 41.8 Å². The average molecular weight is 512 g/mol. The van der Waals surface area contributed by atoms with Crippen LogP contribution in [-0.2, 0) is 6.54 Å². The van der Waals surface area contributed by atoms with E-state index in [9.17, 15) is 24.2 Å². The molecule has 6 nitrogen and oxygen atoms in total. The van der Waals surface area contributed by atoms with Gasteiger partial charge in [-0.3, -0.25) is 4.79 Å². The lowest BCUT2D eigenvalue weighted by atomic mass is 10.1. The summed E-state index contributed by atoms with van der Waals surface area (Å²) in [6.45, 7) is 3.02. The monoisotopic (exact) mass is 512 g/mol. The van der Waals surface area contributed by atoms with E-state index in [1.165, 1.54) is 12.3 Å². The number of aromatic nitrogens is 1. The largest absolute Gasteiger partial charge is 0.497 e. The number of nitrogens with zero attached hydrogens (tertiary/aromatic N) is 1. The maximum atomic E-state index is 15.1. The van der Waals surface area contributed by atoms with Crippen LogP contribution in [0.2, 0.25) is 0 Å². The third-order valence-electron chi connectivity index (χ3n) is 4.86. The van der Waals surface area contributed by atoms with Crippen LogP contribution in [0.3, 0.4) is 0 Å². The van der Waals surface area contributed by atoms with E-state index in [-0.39, 0.29) is 53.4 Å². The fraction of sp³-hybridized carbons (Fsp3) is 0.286. The number of hydrogen-bond acceptors (Lipinski definition) is 5. The first-order chi connectivity index (χ1) is 15.6. The van der Waals surface area contributed by atoms with Gasteiger partial charge in [-0.1, -0.05) is 19.4 Å². The topological polar surface area (TPSA) is 75.7 Å². The number of benzene rings is 2. The molecule has 1 heterocycles. The predicted molar refractivity (Wildman–Crippen MR) is 117 cm³/mol. The lowest BCUT2D eigenvalue weighted by Crippen LogP contribution is -2.14. The SMILES string of the molecule is CCOc1cc2cn(CC(=O)c3cc(OC)cc(S(F)(F)(F)(F)F)c3)c(N)c2c(F)c1OCC. The summed E-state index contributed by atoms with van der Waals surface area (Å²) in [6, 6.07) is 2.53. The second kappa shape index (κ2) is 7.93. The molecule has 0 aliphatic heterocycles. The highest BCUT2D eigenvalue weighted by Gasteiger charge is 2.65. The molecule has 0 spiro atoms. The van der Waals surface area contributed by atoms with Crippen LogP contribution in [-0.4, -0.2) is 30.7 Å². The number of nitrogens with two attached hydrogens (primary N) is 1. The summed E-state index contributed by atoms with van der Waals surface area (Å²) < 4.78 is 98.2. The van der Waals surface area contributed by atoms with Gasteiger partial charge in [0.25, 0.3) is 0 Å². The molecule has 1 aromatic heterocycles. The third kappa shape index (κ3) is 4.98. The number of hydrogen-bond donors (Lipinski definition) is 1. The fourth-order valence-corrected chi connectivity index (χ4v) is 4.05. The van der Waals surface area contributed by atoms with Crippen molar-refractivity contribution in [2.24, 2.45) is 0 Å². The highest BCUT2D eigenvalue weighted by Crippen LogP contribution is 3.02. The van der Waals surface area contributed by atoms with Crippen LogP contribution in [0.25, 0.3) is 10.8 Å². The molecule has 188 valence electrons. The second-order valence-corrected chi connectivity index (χ2v) is 9.69. The first-order valence-corrected chi connectivity index (χ1v) is 11.9. The Kier molecular flexibility index (Phi) is 5.92. The minimum Gasteiger partial charge on any atom is -0.497 e. The Morgan fingerprint density at radius 3 is 2.24 bits per heavy atom. The number of fused-ring (bicyclic) bond motifs is 1. The Hall–Kier alpha value is -3.22. The number of nitrogen functional groups attached to an aromatic ring is 1.